The lowest BCUT2D eigenvalue weighted by Crippen LogP contribution is -2.23. The second-order valence-electron chi connectivity index (χ2n) is 5.37. The Hall–Kier alpha value is -2.77. The van der Waals surface area contributed by atoms with E-state index >= 15 is 0 Å². The zero-order valence-electron chi connectivity index (χ0n) is 13.1. The minimum absolute atomic E-state index is 0.00218. The minimum atomic E-state index is -0.996. The molecule has 1 aliphatic rings. The lowest BCUT2D eigenvalue weighted by molar-refractivity contribution is 0.101. The molecule has 1 aromatic carbocycles. The number of methoxy groups -OCH3 is 1. The maximum Gasteiger partial charge on any atom is 0.261 e. The molecule has 0 radical (unpaired) electrons. The van der Waals surface area contributed by atoms with Gasteiger partial charge in [0, 0.05) is 25.2 Å². The molecule has 3 rings (SSSR count). The molecule has 6 nitrogen and oxygen atoms in total. The first-order chi connectivity index (χ1) is 11.6. The van der Waals surface area contributed by atoms with Gasteiger partial charge in [0.1, 0.15) is 35.0 Å². The third-order valence-corrected chi connectivity index (χ3v) is 3.82. The molecule has 1 saturated heterocycles. The Morgan fingerprint density at radius 1 is 1.25 bits per heavy atom. The van der Waals surface area contributed by atoms with Gasteiger partial charge >= 0.3 is 0 Å². The van der Waals surface area contributed by atoms with Crippen molar-refractivity contribution in [2.24, 2.45) is 0 Å². The molecule has 24 heavy (non-hydrogen) atoms. The number of halogens is 2. The molecule has 8 heteroatoms. The normalized spacial score (nSPS) is 13.9. The van der Waals surface area contributed by atoms with Crippen LogP contribution in [0, 0.1) is 11.6 Å². The molecule has 0 atom stereocenters. The van der Waals surface area contributed by atoms with Crippen molar-refractivity contribution in [1.29, 1.82) is 0 Å². The van der Waals surface area contributed by atoms with E-state index in [-0.39, 0.29) is 5.75 Å². The first kappa shape index (κ1) is 16.1. The SMILES string of the molecule is COc1cc(F)c(C(=O)Nc2cncnc2N2CCCC2)c(F)c1. The summed E-state index contributed by atoms with van der Waals surface area (Å²) in [6, 6.07) is 1.92. The second-order valence-corrected chi connectivity index (χ2v) is 5.37. The lowest BCUT2D eigenvalue weighted by atomic mass is 10.1. The van der Waals surface area contributed by atoms with E-state index in [0.29, 0.717) is 11.5 Å². The summed E-state index contributed by atoms with van der Waals surface area (Å²) in [5.74, 6) is -2.34. The molecule has 1 aliphatic heterocycles. The number of amides is 1. The summed E-state index contributed by atoms with van der Waals surface area (Å²) in [7, 11) is 1.29. The van der Waals surface area contributed by atoms with Crippen LogP contribution >= 0.6 is 0 Å². The van der Waals surface area contributed by atoms with Gasteiger partial charge in [0.25, 0.3) is 5.91 Å². The number of carbonyl (C=O) groups is 1. The molecular weight excluding hydrogens is 318 g/mol. The van der Waals surface area contributed by atoms with Gasteiger partial charge in [-0.15, -0.1) is 0 Å². The second kappa shape index (κ2) is 6.77. The fraction of sp³-hybridized carbons (Fsp3) is 0.312. The summed E-state index contributed by atoms with van der Waals surface area (Å²) in [4.78, 5) is 22.4. The summed E-state index contributed by atoms with van der Waals surface area (Å²) in [5.41, 5.74) is -0.356. The first-order valence-corrected chi connectivity index (χ1v) is 7.49. The van der Waals surface area contributed by atoms with Gasteiger partial charge in [-0.1, -0.05) is 0 Å². The quantitative estimate of drug-likeness (QED) is 0.931. The van der Waals surface area contributed by atoms with Gasteiger partial charge in [-0.2, -0.15) is 0 Å². The van der Waals surface area contributed by atoms with Crippen LogP contribution in [0.1, 0.15) is 23.2 Å². The van der Waals surface area contributed by atoms with Gasteiger partial charge in [0.15, 0.2) is 5.82 Å². The van der Waals surface area contributed by atoms with Crippen LogP contribution in [0.15, 0.2) is 24.7 Å². The Bertz CT molecular complexity index is 740. The minimum Gasteiger partial charge on any atom is -0.497 e. The molecule has 1 amide bonds. The predicted molar refractivity (Wildman–Crippen MR) is 84.3 cm³/mol. The van der Waals surface area contributed by atoms with Crippen LogP contribution in [0.25, 0.3) is 0 Å². The van der Waals surface area contributed by atoms with E-state index in [2.05, 4.69) is 15.3 Å². The highest BCUT2D eigenvalue weighted by Gasteiger charge is 2.23. The van der Waals surface area contributed by atoms with Crippen molar-refractivity contribution in [2.45, 2.75) is 12.8 Å². The van der Waals surface area contributed by atoms with Crippen molar-refractivity contribution in [2.75, 3.05) is 30.4 Å². The summed E-state index contributed by atoms with van der Waals surface area (Å²) in [5, 5.41) is 2.50. The Balaban J connectivity index is 1.88. The predicted octanol–water partition coefficient (Wildman–Crippen LogP) is 2.62. The van der Waals surface area contributed by atoms with Crippen LogP contribution < -0.4 is 15.0 Å². The highest BCUT2D eigenvalue weighted by molar-refractivity contribution is 6.06. The van der Waals surface area contributed by atoms with E-state index in [1.807, 2.05) is 4.90 Å². The molecular formula is C16H16F2N4O2. The van der Waals surface area contributed by atoms with Gasteiger partial charge in [0.05, 0.1) is 13.3 Å². The van der Waals surface area contributed by atoms with Crippen molar-refractivity contribution >= 4 is 17.4 Å². The molecule has 1 aromatic heterocycles. The third kappa shape index (κ3) is 3.12. The number of nitrogens with one attached hydrogen (secondary N) is 1. The van der Waals surface area contributed by atoms with Gasteiger partial charge < -0.3 is 15.0 Å². The maximum absolute atomic E-state index is 14.0. The summed E-state index contributed by atoms with van der Waals surface area (Å²) in [6.07, 6.45) is 4.84. The number of rotatable bonds is 4. The van der Waals surface area contributed by atoms with E-state index in [1.54, 1.807) is 0 Å². The molecule has 2 heterocycles. The molecule has 1 N–H and O–H groups in total. The van der Waals surface area contributed by atoms with Crippen LogP contribution in [-0.2, 0) is 0 Å². The van der Waals surface area contributed by atoms with Crippen LogP contribution in [0.2, 0.25) is 0 Å². The van der Waals surface area contributed by atoms with Gasteiger partial charge in [0.2, 0.25) is 0 Å². The molecule has 0 saturated carbocycles. The first-order valence-electron chi connectivity index (χ1n) is 7.49. The number of aromatic nitrogens is 2. The molecule has 0 bridgehead atoms. The van der Waals surface area contributed by atoms with Gasteiger partial charge in [-0.25, -0.2) is 18.7 Å². The van der Waals surface area contributed by atoms with Crippen LogP contribution in [0.4, 0.5) is 20.3 Å². The number of carbonyl (C=O) groups excluding carboxylic acids is 1. The zero-order valence-corrected chi connectivity index (χ0v) is 13.1. The fourth-order valence-electron chi connectivity index (χ4n) is 2.66. The smallest absolute Gasteiger partial charge is 0.261 e. The third-order valence-electron chi connectivity index (χ3n) is 3.82. The number of benzene rings is 1. The fourth-order valence-corrected chi connectivity index (χ4v) is 2.66. The Labute approximate surface area is 137 Å². The highest BCUT2D eigenvalue weighted by atomic mass is 19.1. The highest BCUT2D eigenvalue weighted by Crippen LogP contribution is 2.27. The van der Waals surface area contributed by atoms with Gasteiger partial charge in [-0.05, 0) is 12.8 Å². The van der Waals surface area contributed by atoms with Gasteiger partial charge in [-0.3, -0.25) is 4.79 Å². The summed E-state index contributed by atoms with van der Waals surface area (Å²) < 4.78 is 32.8. The van der Waals surface area contributed by atoms with Crippen LogP contribution in [0.5, 0.6) is 5.75 Å². The van der Waals surface area contributed by atoms with Crippen LogP contribution in [-0.4, -0.2) is 36.1 Å². The van der Waals surface area contributed by atoms with E-state index in [1.165, 1.54) is 19.6 Å². The largest absolute Gasteiger partial charge is 0.497 e. The average Bonchev–Trinajstić information content (AvgIpc) is 3.08. The standard InChI is InChI=1S/C16H16F2N4O2/c1-24-10-6-11(17)14(12(18)7-10)16(23)21-13-8-19-9-20-15(13)22-4-2-3-5-22/h6-9H,2-5H2,1H3,(H,21,23). The molecule has 1 fully saturated rings. The zero-order chi connectivity index (χ0) is 17.1. The summed E-state index contributed by atoms with van der Waals surface area (Å²) >= 11 is 0. The monoisotopic (exact) mass is 334 g/mol. The van der Waals surface area contributed by atoms with Crippen LogP contribution in [0.3, 0.4) is 0 Å². The van der Waals surface area contributed by atoms with Crippen molar-refractivity contribution in [3.63, 3.8) is 0 Å². The Morgan fingerprint density at radius 2 is 1.92 bits per heavy atom. The lowest BCUT2D eigenvalue weighted by Gasteiger charge is -2.19. The number of anilines is 2. The van der Waals surface area contributed by atoms with Crippen molar-refractivity contribution < 1.29 is 18.3 Å². The Kier molecular flexibility index (Phi) is 4.54. The van der Waals surface area contributed by atoms with E-state index in [4.69, 9.17) is 4.74 Å². The maximum atomic E-state index is 14.0. The van der Waals surface area contributed by atoms with E-state index < -0.39 is 23.1 Å². The van der Waals surface area contributed by atoms with E-state index in [9.17, 15) is 13.6 Å². The van der Waals surface area contributed by atoms with Crippen molar-refractivity contribution in [3.05, 3.63) is 41.9 Å². The van der Waals surface area contributed by atoms with Crippen molar-refractivity contribution in [3.8, 4) is 5.75 Å². The molecule has 0 aliphatic carbocycles. The molecule has 0 unspecified atom stereocenters. The average molecular weight is 334 g/mol. The van der Waals surface area contributed by atoms with Crippen molar-refractivity contribution in [1.82, 2.24) is 9.97 Å². The molecule has 126 valence electrons. The van der Waals surface area contributed by atoms with E-state index in [0.717, 1.165) is 38.1 Å². The number of nitrogens with zero attached hydrogens (tertiary/aromatic N) is 3. The number of ether oxygens (including phenoxy) is 1. The molecule has 2 aromatic rings. The number of hydrogen-bond acceptors (Lipinski definition) is 5. The molecule has 0 spiro atoms. The topological polar surface area (TPSA) is 67.3 Å². The summed E-state index contributed by atoms with van der Waals surface area (Å²) in [6.45, 7) is 1.62. The Morgan fingerprint density at radius 3 is 2.54 bits per heavy atom. The number of hydrogen-bond donors (Lipinski definition) is 1.